The Balaban J connectivity index is 3.57. The summed E-state index contributed by atoms with van der Waals surface area (Å²) in [6, 6.07) is 2.78. The van der Waals surface area contributed by atoms with Crippen molar-refractivity contribution in [2.75, 3.05) is 23.7 Å². The van der Waals surface area contributed by atoms with E-state index in [1.165, 1.54) is 17.8 Å². The van der Waals surface area contributed by atoms with Crippen molar-refractivity contribution in [1.82, 2.24) is 0 Å². The molecule has 27 heavy (non-hydrogen) atoms. The minimum Gasteiger partial charge on any atom is -0.478 e. The number of hydrogen-bond acceptors (Lipinski definition) is 5. The zero-order valence-corrected chi connectivity index (χ0v) is 18.2. The highest BCUT2D eigenvalue weighted by atomic mass is 32.2. The molecule has 0 saturated carbocycles. The molecule has 0 heterocycles. The van der Waals surface area contributed by atoms with Crippen LogP contribution in [0.3, 0.4) is 0 Å². The van der Waals surface area contributed by atoms with Gasteiger partial charge in [-0.3, -0.25) is 0 Å². The van der Waals surface area contributed by atoms with Crippen molar-refractivity contribution in [1.29, 1.82) is 0 Å². The molecule has 0 aliphatic rings. The Hall–Kier alpha value is -1.25. The van der Waals surface area contributed by atoms with Crippen LogP contribution in [0.1, 0.15) is 69.7 Å². The van der Waals surface area contributed by atoms with Gasteiger partial charge < -0.3 is 10.0 Å². The van der Waals surface area contributed by atoms with Gasteiger partial charge in [-0.2, -0.15) is 0 Å². The number of thioether (sulfide) groups is 1. The molecule has 6 nitrogen and oxygen atoms in total. The van der Waals surface area contributed by atoms with Crippen molar-refractivity contribution in [3.05, 3.63) is 17.7 Å². The molecular weight excluding hydrogens is 384 g/mol. The first-order valence-electron chi connectivity index (χ1n) is 9.58. The van der Waals surface area contributed by atoms with Crippen LogP contribution in [0.15, 0.2) is 21.9 Å². The summed E-state index contributed by atoms with van der Waals surface area (Å²) in [4.78, 5) is 14.2. The number of primary sulfonamides is 1. The molecule has 1 aromatic carbocycles. The van der Waals surface area contributed by atoms with Gasteiger partial charge in [0.15, 0.2) is 0 Å². The van der Waals surface area contributed by atoms with Gasteiger partial charge in [-0.1, -0.05) is 40.0 Å². The maximum absolute atomic E-state index is 12.2. The van der Waals surface area contributed by atoms with E-state index in [1.54, 1.807) is 6.07 Å². The lowest BCUT2D eigenvalue weighted by Crippen LogP contribution is -2.27. The Labute approximate surface area is 167 Å². The third kappa shape index (κ3) is 7.35. The topological polar surface area (TPSA) is 101 Å². The van der Waals surface area contributed by atoms with Crippen LogP contribution < -0.4 is 10.0 Å². The third-order valence-corrected chi connectivity index (χ3v) is 6.51. The summed E-state index contributed by atoms with van der Waals surface area (Å²) in [5.41, 5.74) is 0.619. The fourth-order valence-corrected chi connectivity index (χ4v) is 5.03. The Morgan fingerprint density at radius 3 is 2.07 bits per heavy atom. The molecule has 0 atom stereocenters. The van der Waals surface area contributed by atoms with Crippen LogP contribution >= 0.6 is 11.8 Å². The zero-order valence-electron chi connectivity index (χ0n) is 16.5. The lowest BCUT2D eigenvalue weighted by molar-refractivity contribution is 0.0696. The number of anilines is 1. The summed E-state index contributed by atoms with van der Waals surface area (Å²) in [7, 11) is -4.03. The van der Waals surface area contributed by atoms with Gasteiger partial charge >= 0.3 is 5.97 Å². The van der Waals surface area contributed by atoms with Crippen LogP contribution in [0, 0.1) is 0 Å². The number of carbonyl (C=O) groups is 1. The van der Waals surface area contributed by atoms with Gasteiger partial charge in [0, 0.05) is 13.1 Å². The molecular formula is C19H32N2O4S2. The molecule has 0 amide bonds. The second-order valence-electron chi connectivity index (χ2n) is 6.57. The number of carboxylic acid groups (broad SMARTS) is 1. The Morgan fingerprint density at radius 2 is 1.63 bits per heavy atom. The van der Waals surface area contributed by atoms with Crippen LogP contribution in [0.25, 0.3) is 0 Å². The number of unbranched alkanes of at least 4 members (excludes halogenated alkanes) is 3. The predicted molar refractivity (Wildman–Crippen MR) is 112 cm³/mol. The van der Waals surface area contributed by atoms with Crippen molar-refractivity contribution < 1.29 is 18.3 Å². The van der Waals surface area contributed by atoms with Gasteiger partial charge in [-0.05, 0) is 37.1 Å². The second-order valence-corrected chi connectivity index (χ2v) is 9.20. The van der Waals surface area contributed by atoms with Gasteiger partial charge in [0.2, 0.25) is 10.0 Å². The lowest BCUT2D eigenvalue weighted by atomic mass is 10.1. The molecule has 0 aliphatic heterocycles. The number of nitrogens with two attached hydrogens (primary N) is 1. The molecule has 1 rings (SSSR count). The number of rotatable bonds is 13. The SMILES string of the molecule is CCCCSc1c(N(CCCC)CCCC)cc(C(=O)O)cc1S(N)(=O)=O. The normalized spacial score (nSPS) is 11.6. The fraction of sp³-hybridized carbons (Fsp3) is 0.632. The molecule has 0 fully saturated rings. The fourth-order valence-electron chi connectivity index (χ4n) is 2.67. The average Bonchev–Trinajstić information content (AvgIpc) is 2.61. The monoisotopic (exact) mass is 416 g/mol. The number of carboxylic acids is 1. The molecule has 0 spiro atoms. The van der Waals surface area contributed by atoms with E-state index >= 15 is 0 Å². The average molecular weight is 417 g/mol. The van der Waals surface area contributed by atoms with Crippen molar-refractivity contribution in [2.24, 2.45) is 5.14 Å². The van der Waals surface area contributed by atoms with Crippen LogP contribution in [-0.2, 0) is 10.0 Å². The highest BCUT2D eigenvalue weighted by Crippen LogP contribution is 2.38. The summed E-state index contributed by atoms with van der Waals surface area (Å²) in [6.07, 6.45) is 5.84. The summed E-state index contributed by atoms with van der Waals surface area (Å²) < 4.78 is 24.4. The van der Waals surface area contributed by atoms with Crippen molar-refractivity contribution in [3.8, 4) is 0 Å². The number of sulfonamides is 1. The number of nitrogens with zero attached hydrogens (tertiary/aromatic N) is 1. The Morgan fingerprint density at radius 1 is 1.07 bits per heavy atom. The van der Waals surface area contributed by atoms with E-state index in [0.717, 1.165) is 57.4 Å². The lowest BCUT2D eigenvalue weighted by Gasteiger charge is -2.28. The molecule has 8 heteroatoms. The first-order chi connectivity index (χ1) is 12.8. The van der Waals surface area contributed by atoms with Gasteiger partial charge in [0.1, 0.15) is 0 Å². The van der Waals surface area contributed by atoms with E-state index in [4.69, 9.17) is 5.14 Å². The molecule has 0 aliphatic carbocycles. The number of hydrogen-bond donors (Lipinski definition) is 2. The maximum atomic E-state index is 12.2. The van der Waals surface area contributed by atoms with E-state index in [1.807, 2.05) is 0 Å². The van der Waals surface area contributed by atoms with Crippen LogP contribution in [0.5, 0.6) is 0 Å². The standard InChI is InChI=1S/C19H32N2O4S2/c1-4-7-10-21(11-8-5-2)16-13-15(19(22)23)14-17(27(20,24)25)18(16)26-12-9-6-3/h13-14H,4-12H2,1-3H3,(H,22,23)(H2,20,24,25). The summed E-state index contributed by atoms with van der Waals surface area (Å²) in [6.45, 7) is 7.77. The first kappa shape index (κ1) is 23.8. The van der Waals surface area contributed by atoms with Gasteiger partial charge in [-0.25, -0.2) is 18.4 Å². The van der Waals surface area contributed by atoms with E-state index in [-0.39, 0.29) is 10.5 Å². The van der Waals surface area contributed by atoms with Crippen molar-refractivity contribution >= 4 is 33.4 Å². The molecule has 1 aromatic rings. The number of benzene rings is 1. The molecule has 0 saturated heterocycles. The Bertz CT molecular complexity index is 713. The smallest absolute Gasteiger partial charge is 0.335 e. The third-order valence-electron chi connectivity index (χ3n) is 4.24. The molecule has 0 bridgehead atoms. The minimum atomic E-state index is -4.03. The van der Waals surface area contributed by atoms with Gasteiger partial charge in [0.05, 0.1) is 21.0 Å². The van der Waals surface area contributed by atoms with E-state index in [9.17, 15) is 18.3 Å². The first-order valence-corrected chi connectivity index (χ1v) is 12.1. The molecule has 3 N–H and O–H groups in total. The number of aromatic carboxylic acids is 1. The molecule has 0 aromatic heterocycles. The highest BCUT2D eigenvalue weighted by Gasteiger charge is 2.24. The molecule has 154 valence electrons. The van der Waals surface area contributed by atoms with Crippen LogP contribution in [-0.4, -0.2) is 38.3 Å². The highest BCUT2D eigenvalue weighted by molar-refractivity contribution is 8.00. The van der Waals surface area contributed by atoms with Crippen LogP contribution in [0.4, 0.5) is 5.69 Å². The summed E-state index contributed by atoms with van der Waals surface area (Å²) in [5.74, 6) is -0.398. The molecule has 0 unspecified atom stereocenters. The van der Waals surface area contributed by atoms with E-state index < -0.39 is 16.0 Å². The second kappa shape index (κ2) is 11.6. The zero-order chi connectivity index (χ0) is 20.4. The summed E-state index contributed by atoms with van der Waals surface area (Å²) >= 11 is 1.45. The van der Waals surface area contributed by atoms with Crippen molar-refractivity contribution in [3.63, 3.8) is 0 Å². The van der Waals surface area contributed by atoms with Crippen molar-refractivity contribution in [2.45, 2.75) is 69.1 Å². The summed E-state index contributed by atoms with van der Waals surface area (Å²) in [5, 5.41) is 14.9. The molecule has 0 radical (unpaired) electrons. The van der Waals surface area contributed by atoms with Gasteiger partial charge in [0.25, 0.3) is 0 Å². The van der Waals surface area contributed by atoms with E-state index in [0.29, 0.717) is 10.6 Å². The quantitative estimate of drug-likeness (QED) is 0.367. The largest absolute Gasteiger partial charge is 0.478 e. The maximum Gasteiger partial charge on any atom is 0.335 e. The van der Waals surface area contributed by atoms with Crippen LogP contribution in [0.2, 0.25) is 0 Å². The minimum absolute atomic E-state index is 0.0492. The van der Waals surface area contributed by atoms with E-state index in [2.05, 4.69) is 25.7 Å². The Kier molecular flexibility index (Phi) is 10.2. The predicted octanol–water partition coefficient (Wildman–Crippen LogP) is 4.33. The van der Waals surface area contributed by atoms with Gasteiger partial charge in [-0.15, -0.1) is 11.8 Å².